The van der Waals surface area contributed by atoms with Crippen LogP contribution < -0.4 is 0 Å². The molecule has 1 heterocycles. The van der Waals surface area contributed by atoms with Crippen molar-refractivity contribution in [2.45, 2.75) is 65.5 Å². The first-order valence-electron chi connectivity index (χ1n) is 5.98. The van der Waals surface area contributed by atoms with Crippen LogP contribution in [0.4, 0.5) is 0 Å². The number of piperidine rings is 1. The highest BCUT2D eigenvalue weighted by Gasteiger charge is 2.36. The monoisotopic (exact) mass is 215 g/mol. The van der Waals surface area contributed by atoms with E-state index in [1.54, 1.807) is 18.7 Å². The van der Waals surface area contributed by atoms with Crippen LogP contribution in [-0.4, -0.2) is 34.1 Å². The molecule has 0 saturated carbocycles. The standard InChI is InChI=1S/C10H19NO2.C2H6/c1-4-11-8(10(2,3)13)6-5-7-9(11)12;1-2/h8,13H,4-7H2,1-3H3;1-2H3. The average Bonchev–Trinajstić information content (AvgIpc) is 2.19. The summed E-state index contributed by atoms with van der Waals surface area (Å²) in [5.41, 5.74) is -0.772. The third-order valence-electron chi connectivity index (χ3n) is 2.72. The van der Waals surface area contributed by atoms with Crippen LogP contribution in [0.15, 0.2) is 0 Å². The predicted molar refractivity (Wildman–Crippen MR) is 62.7 cm³/mol. The molecule has 0 bridgehead atoms. The number of carbonyl (C=O) groups excluding carboxylic acids is 1. The summed E-state index contributed by atoms with van der Waals surface area (Å²) in [4.78, 5) is 13.3. The van der Waals surface area contributed by atoms with Gasteiger partial charge in [-0.05, 0) is 33.6 Å². The van der Waals surface area contributed by atoms with Crippen molar-refractivity contribution in [1.82, 2.24) is 4.90 Å². The molecule has 1 saturated heterocycles. The van der Waals surface area contributed by atoms with Crippen molar-refractivity contribution in [3.63, 3.8) is 0 Å². The Labute approximate surface area is 93.5 Å². The van der Waals surface area contributed by atoms with Gasteiger partial charge in [-0.2, -0.15) is 0 Å². The van der Waals surface area contributed by atoms with Gasteiger partial charge in [0.2, 0.25) is 5.91 Å². The Hall–Kier alpha value is -0.570. The summed E-state index contributed by atoms with van der Waals surface area (Å²) in [5, 5.41) is 9.87. The molecule has 1 rings (SSSR count). The number of hydrogen-bond donors (Lipinski definition) is 1. The van der Waals surface area contributed by atoms with Crippen molar-refractivity contribution in [3.8, 4) is 0 Å². The van der Waals surface area contributed by atoms with Gasteiger partial charge in [0.05, 0.1) is 11.6 Å². The zero-order valence-corrected chi connectivity index (χ0v) is 10.7. The highest BCUT2D eigenvalue weighted by Crippen LogP contribution is 2.26. The number of carbonyl (C=O) groups is 1. The van der Waals surface area contributed by atoms with E-state index in [-0.39, 0.29) is 11.9 Å². The minimum absolute atomic E-state index is 0.00116. The van der Waals surface area contributed by atoms with Crippen molar-refractivity contribution in [2.75, 3.05) is 6.54 Å². The van der Waals surface area contributed by atoms with Crippen molar-refractivity contribution in [2.24, 2.45) is 0 Å². The maximum Gasteiger partial charge on any atom is 0.222 e. The molecule has 1 aliphatic heterocycles. The minimum Gasteiger partial charge on any atom is -0.388 e. The normalized spacial score (nSPS) is 22.1. The Morgan fingerprint density at radius 3 is 2.33 bits per heavy atom. The van der Waals surface area contributed by atoms with Crippen molar-refractivity contribution in [3.05, 3.63) is 0 Å². The molecular weight excluding hydrogens is 190 g/mol. The quantitative estimate of drug-likeness (QED) is 0.767. The van der Waals surface area contributed by atoms with Crippen LogP contribution in [0.1, 0.15) is 53.9 Å². The summed E-state index contributed by atoms with van der Waals surface area (Å²) in [6.45, 7) is 10.2. The number of likely N-dealkylation sites (tertiary alicyclic amines) is 1. The largest absolute Gasteiger partial charge is 0.388 e. The van der Waals surface area contributed by atoms with Crippen LogP contribution in [-0.2, 0) is 4.79 Å². The summed E-state index contributed by atoms with van der Waals surface area (Å²) in [6, 6.07) is -0.00116. The second kappa shape index (κ2) is 6.11. The molecule has 0 aromatic heterocycles. The van der Waals surface area contributed by atoms with Gasteiger partial charge in [-0.25, -0.2) is 0 Å². The molecule has 0 aliphatic carbocycles. The number of rotatable bonds is 2. The first-order valence-corrected chi connectivity index (χ1v) is 5.98. The van der Waals surface area contributed by atoms with Gasteiger partial charge >= 0.3 is 0 Å². The molecule has 1 amide bonds. The Kier molecular flexibility index (Phi) is 5.88. The molecule has 1 N–H and O–H groups in total. The maximum atomic E-state index is 11.5. The number of hydrogen-bond acceptors (Lipinski definition) is 2. The number of amides is 1. The number of nitrogens with zero attached hydrogens (tertiary/aromatic N) is 1. The summed E-state index contributed by atoms with van der Waals surface area (Å²) < 4.78 is 0. The third kappa shape index (κ3) is 3.82. The van der Waals surface area contributed by atoms with E-state index < -0.39 is 5.60 Å². The smallest absolute Gasteiger partial charge is 0.222 e. The summed E-state index contributed by atoms with van der Waals surface area (Å²) >= 11 is 0. The molecule has 1 unspecified atom stereocenters. The van der Waals surface area contributed by atoms with E-state index in [2.05, 4.69) is 0 Å². The van der Waals surface area contributed by atoms with E-state index in [0.717, 1.165) is 12.8 Å². The average molecular weight is 215 g/mol. The Bertz CT molecular complexity index is 196. The molecule has 1 aliphatic rings. The van der Waals surface area contributed by atoms with Crippen LogP contribution in [0.3, 0.4) is 0 Å². The van der Waals surface area contributed by atoms with E-state index in [0.29, 0.717) is 13.0 Å². The molecule has 15 heavy (non-hydrogen) atoms. The molecule has 1 atom stereocenters. The highest BCUT2D eigenvalue weighted by atomic mass is 16.3. The van der Waals surface area contributed by atoms with E-state index in [1.165, 1.54) is 0 Å². The van der Waals surface area contributed by atoms with Crippen LogP contribution in [0.5, 0.6) is 0 Å². The van der Waals surface area contributed by atoms with Crippen LogP contribution in [0.25, 0.3) is 0 Å². The predicted octanol–water partition coefficient (Wildman–Crippen LogP) is 2.18. The van der Waals surface area contributed by atoms with Crippen LogP contribution in [0, 0.1) is 0 Å². The van der Waals surface area contributed by atoms with E-state index >= 15 is 0 Å². The van der Waals surface area contributed by atoms with E-state index in [1.807, 2.05) is 20.8 Å². The second-order valence-corrected chi connectivity index (χ2v) is 4.24. The first-order chi connectivity index (χ1) is 6.96. The zero-order valence-electron chi connectivity index (χ0n) is 10.7. The lowest BCUT2D eigenvalue weighted by molar-refractivity contribution is -0.143. The van der Waals surface area contributed by atoms with E-state index in [9.17, 15) is 9.90 Å². The van der Waals surface area contributed by atoms with Crippen LogP contribution >= 0.6 is 0 Å². The number of likely N-dealkylation sites (N-methyl/N-ethyl adjacent to an activating group) is 1. The minimum atomic E-state index is -0.772. The second-order valence-electron chi connectivity index (χ2n) is 4.24. The van der Waals surface area contributed by atoms with Gasteiger partial charge in [0, 0.05) is 13.0 Å². The van der Waals surface area contributed by atoms with Crippen molar-refractivity contribution in [1.29, 1.82) is 0 Å². The molecule has 3 heteroatoms. The molecule has 0 spiro atoms. The van der Waals surface area contributed by atoms with Gasteiger partial charge in [-0.3, -0.25) is 4.79 Å². The Morgan fingerprint density at radius 1 is 1.47 bits per heavy atom. The highest BCUT2D eigenvalue weighted by molar-refractivity contribution is 5.77. The molecule has 90 valence electrons. The Morgan fingerprint density at radius 2 is 2.00 bits per heavy atom. The van der Waals surface area contributed by atoms with Gasteiger partial charge in [0.15, 0.2) is 0 Å². The lowest BCUT2D eigenvalue weighted by Crippen LogP contribution is -2.54. The summed E-state index contributed by atoms with van der Waals surface area (Å²) in [7, 11) is 0. The first kappa shape index (κ1) is 14.4. The van der Waals surface area contributed by atoms with Gasteiger partial charge < -0.3 is 10.0 Å². The van der Waals surface area contributed by atoms with Gasteiger partial charge in [-0.15, -0.1) is 0 Å². The third-order valence-corrected chi connectivity index (χ3v) is 2.72. The zero-order chi connectivity index (χ0) is 12.1. The summed E-state index contributed by atoms with van der Waals surface area (Å²) in [5.74, 6) is 0.181. The molecule has 3 nitrogen and oxygen atoms in total. The van der Waals surface area contributed by atoms with Crippen LogP contribution in [0.2, 0.25) is 0 Å². The fourth-order valence-electron chi connectivity index (χ4n) is 2.05. The topological polar surface area (TPSA) is 40.5 Å². The van der Waals surface area contributed by atoms with Gasteiger partial charge in [-0.1, -0.05) is 13.8 Å². The Balaban J connectivity index is 0.000000921. The molecule has 0 aromatic carbocycles. The fraction of sp³-hybridized carbons (Fsp3) is 0.917. The lowest BCUT2D eigenvalue weighted by Gasteiger charge is -2.41. The van der Waals surface area contributed by atoms with Gasteiger partial charge in [0.1, 0.15) is 0 Å². The fourth-order valence-corrected chi connectivity index (χ4v) is 2.05. The molecular formula is C12H25NO2. The van der Waals surface area contributed by atoms with Gasteiger partial charge in [0.25, 0.3) is 0 Å². The molecule has 0 radical (unpaired) electrons. The van der Waals surface area contributed by atoms with Crippen molar-refractivity contribution >= 4 is 5.91 Å². The summed E-state index contributed by atoms with van der Waals surface area (Å²) in [6.07, 6.45) is 2.47. The van der Waals surface area contributed by atoms with E-state index in [4.69, 9.17) is 0 Å². The molecule has 0 aromatic rings. The number of aliphatic hydroxyl groups is 1. The van der Waals surface area contributed by atoms with Crippen molar-refractivity contribution < 1.29 is 9.90 Å². The maximum absolute atomic E-state index is 11.5. The molecule has 1 fully saturated rings. The lowest BCUT2D eigenvalue weighted by atomic mass is 9.89. The SMILES string of the molecule is CC.CCN1C(=O)CCCC1C(C)(C)O.